The topological polar surface area (TPSA) is 95.1 Å². The number of imidazole rings is 1. The summed E-state index contributed by atoms with van der Waals surface area (Å²) in [6.45, 7) is 0. The van der Waals surface area contributed by atoms with Gasteiger partial charge in [0.05, 0.1) is 11.0 Å². The van der Waals surface area contributed by atoms with Crippen LogP contribution >= 0.6 is 0 Å². The standard InChI is InChI=1S/C26H35N3O.C8H14O2/c30-25(16-26-13-18-8-19(14-26)10-20(9-18)15-26)27-21-6-7-22-23(12-21)29-24(28-22)11-17-4-2-1-3-5-17;9-8(10)6-7-4-2-1-3-5-7/h6-7,12,17-20H,1-5,8-11,13-16H2,(H,27,30)(H,28,29);7H,1-6H2,(H,9,10). The highest BCUT2D eigenvalue weighted by Gasteiger charge is 2.51. The number of aromatic amines is 1. The zero-order valence-electron chi connectivity index (χ0n) is 24.3. The van der Waals surface area contributed by atoms with Crippen LogP contribution in [0.3, 0.4) is 0 Å². The van der Waals surface area contributed by atoms with Crippen molar-refractivity contribution in [1.82, 2.24) is 9.97 Å². The molecule has 4 bridgehead atoms. The lowest BCUT2D eigenvalue weighted by molar-refractivity contribution is -0.138. The van der Waals surface area contributed by atoms with E-state index in [1.165, 1.54) is 89.9 Å². The number of carboxylic acid groups (broad SMARTS) is 1. The number of carbonyl (C=O) groups excluding carboxylic acids is 1. The molecule has 6 heteroatoms. The van der Waals surface area contributed by atoms with Crippen molar-refractivity contribution >= 4 is 28.6 Å². The second-order valence-corrected chi connectivity index (χ2v) is 14.4. The van der Waals surface area contributed by atoms with Gasteiger partial charge in [-0.25, -0.2) is 4.98 Å². The molecule has 218 valence electrons. The summed E-state index contributed by atoms with van der Waals surface area (Å²) in [5.74, 6) is 4.62. The summed E-state index contributed by atoms with van der Waals surface area (Å²) in [6.07, 6.45) is 23.1. The second-order valence-electron chi connectivity index (χ2n) is 14.4. The number of anilines is 1. The Hall–Kier alpha value is -2.37. The van der Waals surface area contributed by atoms with Crippen LogP contribution in [-0.2, 0) is 16.0 Å². The first-order chi connectivity index (χ1) is 19.4. The third-order valence-corrected chi connectivity index (χ3v) is 10.9. The van der Waals surface area contributed by atoms with Gasteiger partial charge in [0.25, 0.3) is 0 Å². The summed E-state index contributed by atoms with van der Waals surface area (Å²) in [4.78, 5) is 31.6. The van der Waals surface area contributed by atoms with Gasteiger partial charge in [-0.1, -0.05) is 51.4 Å². The smallest absolute Gasteiger partial charge is 0.303 e. The predicted molar refractivity (Wildman–Crippen MR) is 159 cm³/mol. The summed E-state index contributed by atoms with van der Waals surface area (Å²) in [7, 11) is 0. The molecule has 1 aromatic heterocycles. The predicted octanol–water partition coefficient (Wildman–Crippen LogP) is 8.27. The Kier molecular flexibility index (Phi) is 8.50. The van der Waals surface area contributed by atoms with E-state index in [2.05, 4.69) is 22.4 Å². The van der Waals surface area contributed by atoms with Crippen LogP contribution in [-0.4, -0.2) is 27.0 Å². The minimum Gasteiger partial charge on any atom is -0.481 e. The Labute approximate surface area is 239 Å². The number of hydrogen-bond donors (Lipinski definition) is 3. The lowest BCUT2D eigenvalue weighted by atomic mass is 9.49. The van der Waals surface area contributed by atoms with Gasteiger partial charge in [-0.05, 0) is 105 Å². The van der Waals surface area contributed by atoms with Crippen molar-refractivity contribution in [3.05, 3.63) is 24.0 Å². The molecular weight excluding hydrogens is 498 g/mol. The molecule has 40 heavy (non-hydrogen) atoms. The molecule has 6 saturated carbocycles. The van der Waals surface area contributed by atoms with Gasteiger partial charge >= 0.3 is 5.97 Å². The Balaban J connectivity index is 0.000000246. The first kappa shape index (κ1) is 27.8. The van der Waals surface area contributed by atoms with Crippen molar-refractivity contribution in [2.24, 2.45) is 35.0 Å². The zero-order valence-corrected chi connectivity index (χ0v) is 24.3. The van der Waals surface area contributed by atoms with Crippen LogP contribution in [0.2, 0.25) is 0 Å². The maximum Gasteiger partial charge on any atom is 0.303 e. The molecular formula is C34H49N3O3. The first-order valence-corrected chi connectivity index (χ1v) is 16.4. The average molecular weight is 548 g/mol. The zero-order chi connectivity index (χ0) is 27.5. The van der Waals surface area contributed by atoms with Crippen molar-refractivity contribution in [2.75, 3.05) is 5.32 Å². The highest BCUT2D eigenvalue weighted by molar-refractivity contribution is 5.93. The molecule has 6 aliphatic carbocycles. The number of hydrogen-bond acceptors (Lipinski definition) is 3. The molecule has 0 unspecified atom stereocenters. The maximum absolute atomic E-state index is 13.0. The number of carbonyl (C=O) groups is 2. The summed E-state index contributed by atoms with van der Waals surface area (Å²) >= 11 is 0. The lowest BCUT2D eigenvalue weighted by Crippen LogP contribution is -2.47. The van der Waals surface area contributed by atoms with Gasteiger partial charge in [0, 0.05) is 24.9 Å². The van der Waals surface area contributed by atoms with Crippen molar-refractivity contribution in [2.45, 2.75) is 122 Å². The van der Waals surface area contributed by atoms with Crippen LogP contribution < -0.4 is 5.32 Å². The van der Waals surface area contributed by atoms with Crippen LogP contribution in [0.25, 0.3) is 11.0 Å². The fourth-order valence-electron chi connectivity index (χ4n) is 9.59. The molecule has 0 atom stereocenters. The molecule has 6 aliphatic rings. The van der Waals surface area contributed by atoms with Crippen molar-refractivity contribution in [1.29, 1.82) is 0 Å². The van der Waals surface area contributed by atoms with Gasteiger partial charge in [0.1, 0.15) is 5.82 Å². The minimum atomic E-state index is -0.632. The monoisotopic (exact) mass is 547 g/mol. The van der Waals surface area contributed by atoms with E-state index in [4.69, 9.17) is 10.1 Å². The van der Waals surface area contributed by atoms with E-state index in [0.29, 0.717) is 24.2 Å². The first-order valence-electron chi connectivity index (χ1n) is 16.4. The largest absolute Gasteiger partial charge is 0.481 e. The third-order valence-electron chi connectivity index (χ3n) is 10.9. The molecule has 0 saturated heterocycles. The number of amides is 1. The molecule has 1 heterocycles. The average Bonchev–Trinajstić information content (AvgIpc) is 3.30. The number of rotatable bonds is 7. The molecule has 0 aliphatic heterocycles. The molecule has 0 spiro atoms. The van der Waals surface area contributed by atoms with Crippen LogP contribution in [0, 0.1) is 35.0 Å². The number of nitrogens with one attached hydrogen (secondary N) is 2. The summed E-state index contributed by atoms with van der Waals surface area (Å²) in [5.41, 5.74) is 3.27. The molecule has 0 radical (unpaired) electrons. The molecule has 6 fully saturated rings. The van der Waals surface area contributed by atoms with E-state index < -0.39 is 5.97 Å². The highest BCUT2D eigenvalue weighted by Crippen LogP contribution is 2.61. The molecule has 8 rings (SSSR count). The van der Waals surface area contributed by atoms with Crippen LogP contribution in [0.15, 0.2) is 18.2 Å². The Bertz CT molecular complexity index is 1140. The number of nitrogens with zero attached hydrogens (tertiary/aromatic N) is 1. The van der Waals surface area contributed by atoms with Gasteiger partial charge in [-0.2, -0.15) is 0 Å². The summed E-state index contributed by atoms with van der Waals surface area (Å²) < 4.78 is 0. The Morgan fingerprint density at radius 3 is 2.08 bits per heavy atom. The van der Waals surface area contributed by atoms with Gasteiger partial charge in [0.2, 0.25) is 5.91 Å². The maximum atomic E-state index is 13.0. The van der Waals surface area contributed by atoms with E-state index in [0.717, 1.165) is 65.5 Å². The van der Waals surface area contributed by atoms with Crippen LogP contribution in [0.1, 0.15) is 121 Å². The summed E-state index contributed by atoms with van der Waals surface area (Å²) in [5, 5.41) is 11.7. The molecule has 2 aromatic rings. The van der Waals surface area contributed by atoms with Crippen LogP contribution in [0.4, 0.5) is 5.69 Å². The van der Waals surface area contributed by atoms with Gasteiger partial charge in [0.15, 0.2) is 0 Å². The number of H-pyrrole nitrogens is 1. The normalized spacial score (nSPS) is 30.1. The van der Waals surface area contributed by atoms with Crippen molar-refractivity contribution < 1.29 is 14.7 Å². The molecule has 3 N–H and O–H groups in total. The van der Waals surface area contributed by atoms with Crippen molar-refractivity contribution in [3.63, 3.8) is 0 Å². The number of fused-ring (bicyclic) bond motifs is 1. The third kappa shape index (κ3) is 6.91. The van der Waals surface area contributed by atoms with Gasteiger partial charge < -0.3 is 15.4 Å². The fourth-order valence-corrected chi connectivity index (χ4v) is 9.59. The number of aliphatic carboxylic acids is 1. The number of carboxylic acids is 1. The van der Waals surface area contributed by atoms with E-state index in [1.54, 1.807) is 0 Å². The lowest BCUT2D eigenvalue weighted by Gasteiger charge is -2.56. The van der Waals surface area contributed by atoms with E-state index in [9.17, 15) is 9.59 Å². The minimum absolute atomic E-state index is 0.207. The van der Waals surface area contributed by atoms with E-state index in [-0.39, 0.29) is 5.91 Å². The molecule has 1 aromatic carbocycles. The Morgan fingerprint density at radius 2 is 1.48 bits per heavy atom. The number of aromatic nitrogens is 2. The van der Waals surface area contributed by atoms with Crippen LogP contribution in [0.5, 0.6) is 0 Å². The number of benzene rings is 1. The van der Waals surface area contributed by atoms with Crippen molar-refractivity contribution in [3.8, 4) is 0 Å². The fraction of sp³-hybridized carbons (Fsp3) is 0.735. The Morgan fingerprint density at radius 1 is 0.875 bits per heavy atom. The van der Waals surface area contributed by atoms with Gasteiger partial charge in [-0.3, -0.25) is 9.59 Å². The SMILES string of the molecule is O=C(CC12CC3CC(CC(C3)C1)C2)Nc1ccc2nc(CC3CCCCC3)[nH]c2c1.O=C(O)CC1CCCCC1. The molecule has 1 amide bonds. The molecule has 6 nitrogen and oxygen atoms in total. The quantitative estimate of drug-likeness (QED) is 0.325. The van der Waals surface area contributed by atoms with Gasteiger partial charge in [-0.15, -0.1) is 0 Å². The van der Waals surface area contributed by atoms with E-state index >= 15 is 0 Å². The second kappa shape index (κ2) is 12.2. The highest BCUT2D eigenvalue weighted by atomic mass is 16.4. The summed E-state index contributed by atoms with van der Waals surface area (Å²) in [6, 6.07) is 6.14. The van der Waals surface area contributed by atoms with E-state index in [1.807, 2.05) is 6.07 Å².